The van der Waals surface area contributed by atoms with E-state index in [0.717, 1.165) is 5.56 Å². The number of nitrogens with one attached hydrogen (secondary N) is 1. The maximum absolute atomic E-state index is 10.7. The molecule has 0 aliphatic rings. The number of hydrogen-bond acceptors (Lipinski definition) is 3. The molecule has 0 amide bonds. The van der Waals surface area contributed by atoms with Crippen molar-refractivity contribution in [2.75, 3.05) is 0 Å². The number of nitrogens with zero attached hydrogens (tertiary/aromatic N) is 1. The zero-order chi connectivity index (χ0) is 13.0. The van der Waals surface area contributed by atoms with Crippen LogP contribution in [-0.2, 0) is 6.54 Å². The second-order valence-electron chi connectivity index (χ2n) is 4.46. The molecule has 0 aliphatic carbocycles. The van der Waals surface area contributed by atoms with E-state index in [4.69, 9.17) is 11.6 Å². The minimum absolute atomic E-state index is 0.0387. The molecule has 5 heteroatoms. The summed E-state index contributed by atoms with van der Waals surface area (Å²) in [6.45, 7) is 6.95. The SMILES string of the molecule is CC(C)C(C)NCc1ccc(Cl)c([N+](=O)[O-])c1. The highest BCUT2D eigenvalue weighted by molar-refractivity contribution is 6.32. The molecule has 1 aromatic carbocycles. The Labute approximate surface area is 106 Å². The summed E-state index contributed by atoms with van der Waals surface area (Å²) in [5, 5.41) is 14.2. The third kappa shape index (κ3) is 3.98. The van der Waals surface area contributed by atoms with Crippen LogP contribution in [0.5, 0.6) is 0 Å². The average molecular weight is 257 g/mol. The molecule has 0 aromatic heterocycles. The van der Waals surface area contributed by atoms with Crippen LogP contribution in [0.15, 0.2) is 18.2 Å². The fourth-order valence-electron chi connectivity index (χ4n) is 1.32. The lowest BCUT2D eigenvalue weighted by Gasteiger charge is -2.17. The van der Waals surface area contributed by atoms with Gasteiger partial charge < -0.3 is 5.32 Å². The Morgan fingerprint density at radius 1 is 1.41 bits per heavy atom. The van der Waals surface area contributed by atoms with Crippen molar-refractivity contribution in [2.24, 2.45) is 5.92 Å². The number of halogens is 1. The lowest BCUT2D eigenvalue weighted by molar-refractivity contribution is -0.384. The molecule has 1 N–H and O–H groups in total. The first-order valence-corrected chi connectivity index (χ1v) is 5.95. The number of hydrogen-bond donors (Lipinski definition) is 1. The fraction of sp³-hybridized carbons (Fsp3) is 0.500. The minimum Gasteiger partial charge on any atom is -0.310 e. The minimum atomic E-state index is -0.461. The number of nitro benzene ring substituents is 1. The molecule has 0 spiro atoms. The second kappa shape index (κ2) is 5.98. The van der Waals surface area contributed by atoms with Crippen LogP contribution in [0.3, 0.4) is 0 Å². The van der Waals surface area contributed by atoms with Gasteiger partial charge in [-0.15, -0.1) is 0 Å². The van der Waals surface area contributed by atoms with Crippen molar-refractivity contribution in [3.63, 3.8) is 0 Å². The quantitative estimate of drug-likeness (QED) is 0.649. The molecule has 4 nitrogen and oxygen atoms in total. The Balaban J connectivity index is 2.73. The smallest absolute Gasteiger partial charge is 0.288 e. The Morgan fingerprint density at radius 2 is 2.06 bits per heavy atom. The lowest BCUT2D eigenvalue weighted by atomic mass is 10.1. The summed E-state index contributed by atoms with van der Waals surface area (Å²) in [6.07, 6.45) is 0. The van der Waals surface area contributed by atoms with Gasteiger partial charge in [0.15, 0.2) is 0 Å². The topological polar surface area (TPSA) is 55.2 Å². The summed E-state index contributed by atoms with van der Waals surface area (Å²) in [7, 11) is 0. The molecule has 1 aromatic rings. The highest BCUT2D eigenvalue weighted by Crippen LogP contribution is 2.25. The van der Waals surface area contributed by atoms with E-state index in [2.05, 4.69) is 26.1 Å². The van der Waals surface area contributed by atoms with Gasteiger partial charge in [0.05, 0.1) is 4.92 Å². The van der Waals surface area contributed by atoms with Crippen molar-refractivity contribution in [3.8, 4) is 0 Å². The van der Waals surface area contributed by atoms with Gasteiger partial charge in [0, 0.05) is 18.7 Å². The van der Waals surface area contributed by atoms with Crippen LogP contribution in [0, 0.1) is 16.0 Å². The monoisotopic (exact) mass is 256 g/mol. The van der Waals surface area contributed by atoms with Gasteiger partial charge in [0.1, 0.15) is 5.02 Å². The van der Waals surface area contributed by atoms with E-state index in [0.29, 0.717) is 18.5 Å². The van der Waals surface area contributed by atoms with Gasteiger partial charge in [-0.2, -0.15) is 0 Å². The van der Waals surface area contributed by atoms with Crippen molar-refractivity contribution in [2.45, 2.75) is 33.4 Å². The van der Waals surface area contributed by atoms with Crippen molar-refractivity contribution in [1.82, 2.24) is 5.32 Å². The van der Waals surface area contributed by atoms with Gasteiger partial charge in [0.25, 0.3) is 5.69 Å². The van der Waals surface area contributed by atoms with Gasteiger partial charge in [-0.1, -0.05) is 31.5 Å². The number of rotatable bonds is 5. The third-order valence-electron chi connectivity index (χ3n) is 2.84. The normalized spacial score (nSPS) is 12.8. The summed E-state index contributed by atoms with van der Waals surface area (Å²) in [6, 6.07) is 5.25. The Hall–Kier alpha value is -1.13. The molecule has 0 aliphatic heterocycles. The predicted octanol–water partition coefficient (Wildman–Crippen LogP) is 3.38. The number of nitro groups is 1. The van der Waals surface area contributed by atoms with Gasteiger partial charge in [-0.25, -0.2) is 0 Å². The summed E-state index contributed by atoms with van der Waals surface area (Å²) in [5.74, 6) is 0.525. The van der Waals surface area contributed by atoms with Crippen molar-refractivity contribution >= 4 is 17.3 Å². The molecule has 94 valence electrons. The molecule has 0 saturated heterocycles. The Morgan fingerprint density at radius 3 is 2.59 bits per heavy atom. The Kier molecular flexibility index (Phi) is 4.90. The average Bonchev–Trinajstić information content (AvgIpc) is 2.26. The van der Waals surface area contributed by atoms with E-state index in [9.17, 15) is 10.1 Å². The zero-order valence-electron chi connectivity index (χ0n) is 10.2. The summed E-state index contributed by atoms with van der Waals surface area (Å²) < 4.78 is 0. The summed E-state index contributed by atoms with van der Waals surface area (Å²) in [4.78, 5) is 10.3. The molecule has 0 radical (unpaired) electrons. The van der Waals surface area contributed by atoms with E-state index < -0.39 is 4.92 Å². The third-order valence-corrected chi connectivity index (χ3v) is 3.16. The largest absolute Gasteiger partial charge is 0.310 e. The highest BCUT2D eigenvalue weighted by atomic mass is 35.5. The van der Waals surface area contributed by atoms with Crippen LogP contribution >= 0.6 is 11.6 Å². The molecule has 17 heavy (non-hydrogen) atoms. The van der Waals surface area contributed by atoms with Crippen LogP contribution < -0.4 is 5.32 Å². The van der Waals surface area contributed by atoms with Gasteiger partial charge in [0.2, 0.25) is 0 Å². The fourth-order valence-corrected chi connectivity index (χ4v) is 1.51. The molecule has 1 unspecified atom stereocenters. The van der Waals surface area contributed by atoms with E-state index in [1.54, 1.807) is 12.1 Å². The maximum Gasteiger partial charge on any atom is 0.288 e. The van der Waals surface area contributed by atoms with Gasteiger partial charge >= 0.3 is 0 Å². The first kappa shape index (κ1) is 13.9. The van der Waals surface area contributed by atoms with Crippen LogP contribution in [0.25, 0.3) is 0 Å². The van der Waals surface area contributed by atoms with E-state index in [1.807, 2.05) is 0 Å². The lowest BCUT2D eigenvalue weighted by Crippen LogP contribution is -2.30. The van der Waals surface area contributed by atoms with Crippen LogP contribution in [0.4, 0.5) is 5.69 Å². The molecule has 0 saturated carbocycles. The highest BCUT2D eigenvalue weighted by Gasteiger charge is 2.13. The molecule has 1 rings (SSSR count). The maximum atomic E-state index is 10.7. The summed E-state index contributed by atoms with van der Waals surface area (Å²) >= 11 is 5.74. The van der Waals surface area contributed by atoms with Crippen LogP contribution in [0.1, 0.15) is 26.3 Å². The van der Waals surface area contributed by atoms with Crippen LogP contribution in [-0.4, -0.2) is 11.0 Å². The zero-order valence-corrected chi connectivity index (χ0v) is 11.0. The molecular formula is C12H17ClN2O2. The van der Waals surface area contributed by atoms with Gasteiger partial charge in [-0.05, 0) is 24.5 Å². The second-order valence-corrected chi connectivity index (χ2v) is 4.86. The van der Waals surface area contributed by atoms with Gasteiger partial charge in [-0.3, -0.25) is 10.1 Å². The van der Waals surface area contributed by atoms with Crippen molar-refractivity contribution < 1.29 is 4.92 Å². The predicted molar refractivity (Wildman–Crippen MR) is 69.2 cm³/mol. The molecule has 0 fully saturated rings. The van der Waals surface area contributed by atoms with Crippen LogP contribution in [0.2, 0.25) is 5.02 Å². The number of benzene rings is 1. The molecule has 1 atom stereocenters. The first-order chi connectivity index (χ1) is 7.91. The molecule has 0 bridgehead atoms. The van der Waals surface area contributed by atoms with E-state index in [1.165, 1.54) is 6.07 Å². The first-order valence-electron chi connectivity index (χ1n) is 5.58. The van der Waals surface area contributed by atoms with Crippen molar-refractivity contribution in [3.05, 3.63) is 38.9 Å². The Bertz CT molecular complexity index is 407. The summed E-state index contributed by atoms with van der Waals surface area (Å²) in [5.41, 5.74) is 0.830. The van der Waals surface area contributed by atoms with Crippen molar-refractivity contribution in [1.29, 1.82) is 0 Å². The van der Waals surface area contributed by atoms with E-state index >= 15 is 0 Å². The molecular weight excluding hydrogens is 240 g/mol. The molecule has 0 heterocycles. The van der Waals surface area contributed by atoms with E-state index in [-0.39, 0.29) is 10.7 Å². The standard InChI is InChI=1S/C12H17ClN2O2/c1-8(2)9(3)14-7-10-4-5-11(13)12(6-10)15(16)17/h4-6,8-9,14H,7H2,1-3H3.